The van der Waals surface area contributed by atoms with Gasteiger partial charge in [0.1, 0.15) is 0 Å². The Morgan fingerprint density at radius 1 is 1.10 bits per heavy atom. The van der Waals surface area contributed by atoms with Gasteiger partial charge in [-0.25, -0.2) is 0 Å². The van der Waals surface area contributed by atoms with Crippen LogP contribution in [0.2, 0.25) is 0 Å². The zero-order valence-electron chi connectivity index (χ0n) is 13.5. The summed E-state index contributed by atoms with van der Waals surface area (Å²) in [6.45, 7) is 9.12. The number of nitrogens with one attached hydrogen (secondary N) is 1. The number of nitrogens with zero attached hydrogens (tertiary/aromatic N) is 4. The van der Waals surface area contributed by atoms with Crippen molar-refractivity contribution >= 4 is 17.8 Å². The van der Waals surface area contributed by atoms with E-state index in [0.717, 1.165) is 19.6 Å². The lowest BCUT2D eigenvalue weighted by Crippen LogP contribution is -2.30. The highest BCUT2D eigenvalue weighted by Gasteiger charge is 2.26. The first kappa shape index (κ1) is 15.8. The van der Waals surface area contributed by atoms with Gasteiger partial charge in [-0.3, -0.25) is 0 Å². The van der Waals surface area contributed by atoms with Gasteiger partial charge >= 0.3 is 0 Å². The van der Waals surface area contributed by atoms with E-state index < -0.39 is 0 Å². The predicted octanol–water partition coefficient (Wildman–Crippen LogP) is 2.68. The third kappa shape index (κ3) is 4.19. The number of nitrogens with two attached hydrogens (primary N) is 1. The van der Waals surface area contributed by atoms with Crippen LogP contribution in [0.5, 0.6) is 0 Å². The van der Waals surface area contributed by atoms with Crippen molar-refractivity contribution in [2.75, 3.05) is 35.6 Å². The minimum absolute atomic E-state index is 0.281. The fourth-order valence-corrected chi connectivity index (χ4v) is 2.98. The van der Waals surface area contributed by atoms with Gasteiger partial charge in [0.15, 0.2) is 0 Å². The smallest absolute Gasteiger partial charge is 0.231 e. The van der Waals surface area contributed by atoms with Gasteiger partial charge in [0.05, 0.1) is 0 Å². The predicted molar refractivity (Wildman–Crippen MR) is 87.5 cm³/mol. The molecule has 0 unspecified atom stereocenters. The molecule has 0 amide bonds. The van der Waals surface area contributed by atoms with Gasteiger partial charge in [0.2, 0.25) is 17.8 Å². The average Bonchev–Trinajstić information content (AvgIpc) is 2.47. The van der Waals surface area contributed by atoms with E-state index in [-0.39, 0.29) is 5.95 Å². The first-order chi connectivity index (χ1) is 10.1. The Morgan fingerprint density at radius 3 is 2.38 bits per heavy atom. The Morgan fingerprint density at radius 2 is 1.76 bits per heavy atom. The summed E-state index contributed by atoms with van der Waals surface area (Å²) in [6.07, 6.45) is 6.54. The van der Waals surface area contributed by atoms with E-state index in [1.54, 1.807) is 0 Å². The molecule has 118 valence electrons. The molecule has 1 aromatic rings. The summed E-state index contributed by atoms with van der Waals surface area (Å²) in [4.78, 5) is 15.0. The highest BCUT2D eigenvalue weighted by atomic mass is 15.3. The van der Waals surface area contributed by atoms with E-state index in [1.807, 2.05) is 0 Å². The summed E-state index contributed by atoms with van der Waals surface area (Å²) < 4.78 is 0. The second kappa shape index (κ2) is 6.91. The average molecular weight is 292 g/mol. The van der Waals surface area contributed by atoms with E-state index in [9.17, 15) is 0 Å². The van der Waals surface area contributed by atoms with Crippen molar-refractivity contribution in [3.05, 3.63) is 0 Å². The molecule has 0 atom stereocenters. The van der Waals surface area contributed by atoms with Crippen LogP contribution in [0.1, 0.15) is 52.9 Å². The number of hydrogen-bond donors (Lipinski definition) is 2. The second-order valence-electron chi connectivity index (χ2n) is 6.21. The lowest BCUT2D eigenvalue weighted by atomic mass is 9.76. The summed E-state index contributed by atoms with van der Waals surface area (Å²) in [6, 6.07) is 0. The molecular formula is C15H28N6. The molecule has 0 spiro atoms. The number of aromatic nitrogens is 3. The van der Waals surface area contributed by atoms with Crippen LogP contribution in [0.3, 0.4) is 0 Å². The summed E-state index contributed by atoms with van der Waals surface area (Å²) >= 11 is 0. The Labute approximate surface area is 127 Å². The Kier molecular flexibility index (Phi) is 5.20. The van der Waals surface area contributed by atoms with Crippen molar-refractivity contribution in [2.45, 2.75) is 52.9 Å². The number of hydrogen-bond acceptors (Lipinski definition) is 6. The van der Waals surface area contributed by atoms with Crippen molar-refractivity contribution in [2.24, 2.45) is 5.41 Å². The first-order valence-corrected chi connectivity index (χ1v) is 8.06. The van der Waals surface area contributed by atoms with Crippen LogP contribution in [-0.2, 0) is 0 Å². The first-order valence-electron chi connectivity index (χ1n) is 8.06. The van der Waals surface area contributed by atoms with E-state index in [1.165, 1.54) is 32.1 Å². The minimum atomic E-state index is 0.281. The lowest BCUT2D eigenvalue weighted by Gasteiger charge is -2.33. The van der Waals surface area contributed by atoms with Crippen molar-refractivity contribution < 1.29 is 0 Å². The van der Waals surface area contributed by atoms with Crippen LogP contribution >= 0.6 is 0 Å². The normalized spacial score (nSPS) is 17.5. The standard InChI is InChI=1S/C15H28N6/c1-4-21(5-2)14-19-12(16)18-13(20-14)17-11-15(3)9-7-6-8-10-15/h4-11H2,1-3H3,(H3,16,17,18,19,20). The lowest BCUT2D eigenvalue weighted by molar-refractivity contribution is 0.233. The van der Waals surface area contributed by atoms with E-state index in [4.69, 9.17) is 5.73 Å². The van der Waals surface area contributed by atoms with Gasteiger partial charge in [-0.2, -0.15) is 15.0 Å². The third-order valence-electron chi connectivity index (χ3n) is 4.42. The zero-order chi connectivity index (χ0) is 15.3. The van der Waals surface area contributed by atoms with Crippen molar-refractivity contribution in [1.29, 1.82) is 0 Å². The molecule has 1 saturated carbocycles. The van der Waals surface area contributed by atoms with Crippen molar-refractivity contribution in [1.82, 2.24) is 15.0 Å². The van der Waals surface area contributed by atoms with E-state index >= 15 is 0 Å². The molecule has 1 aliphatic rings. The van der Waals surface area contributed by atoms with Gasteiger partial charge < -0.3 is 16.0 Å². The minimum Gasteiger partial charge on any atom is -0.368 e. The van der Waals surface area contributed by atoms with Crippen LogP contribution in [0.4, 0.5) is 17.8 Å². The summed E-state index contributed by atoms with van der Waals surface area (Å²) in [5.41, 5.74) is 6.16. The molecule has 1 fully saturated rings. The SMILES string of the molecule is CCN(CC)c1nc(N)nc(NCC2(C)CCCCC2)n1. The largest absolute Gasteiger partial charge is 0.368 e. The highest BCUT2D eigenvalue weighted by molar-refractivity contribution is 5.41. The Balaban J connectivity index is 2.05. The quantitative estimate of drug-likeness (QED) is 0.839. The van der Waals surface area contributed by atoms with Crippen LogP contribution in [0.25, 0.3) is 0 Å². The van der Waals surface area contributed by atoms with Gasteiger partial charge in [0, 0.05) is 19.6 Å². The molecule has 3 N–H and O–H groups in total. The molecule has 0 bridgehead atoms. The maximum Gasteiger partial charge on any atom is 0.231 e. The van der Waals surface area contributed by atoms with E-state index in [2.05, 4.69) is 45.9 Å². The molecule has 1 heterocycles. The van der Waals surface area contributed by atoms with E-state index in [0.29, 0.717) is 17.3 Å². The monoisotopic (exact) mass is 292 g/mol. The molecule has 2 rings (SSSR count). The van der Waals surface area contributed by atoms with Crippen molar-refractivity contribution in [3.8, 4) is 0 Å². The summed E-state index contributed by atoms with van der Waals surface area (Å²) in [5, 5.41) is 3.37. The molecule has 0 aromatic carbocycles. The van der Waals surface area contributed by atoms with Crippen molar-refractivity contribution in [3.63, 3.8) is 0 Å². The fraction of sp³-hybridized carbons (Fsp3) is 0.800. The fourth-order valence-electron chi connectivity index (χ4n) is 2.98. The molecule has 6 heteroatoms. The summed E-state index contributed by atoms with van der Waals surface area (Å²) in [7, 11) is 0. The molecule has 0 aliphatic heterocycles. The van der Waals surface area contributed by atoms with Crippen LogP contribution in [-0.4, -0.2) is 34.6 Å². The highest BCUT2D eigenvalue weighted by Crippen LogP contribution is 2.35. The molecule has 0 radical (unpaired) electrons. The van der Waals surface area contributed by atoms with Crippen LogP contribution in [0.15, 0.2) is 0 Å². The number of anilines is 3. The molecule has 21 heavy (non-hydrogen) atoms. The number of rotatable bonds is 6. The molecule has 1 aromatic heterocycles. The maximum absolute atomic E-state index is 5.82. The Hall–Kier alpha value is -1.59. The molecule has 1 aliphatic carbocycles. The number of nitrogen functional groups attached to an aromatic ring is 1. The van der Waals surface area contributed by atoms with Gasteiger partial charge in [-0.05, 0) is 32.1 Å². The zero-order valence-corrected chi connectivity index (χ0v) is 13.5. The van der Waals surface area contributed by atoms with Crippen LogP contribution in [0, 0.1) is 5.41 Å². The maximum atomic E-state index is 5.82. The topological polar surface area (TPSA) is 80.0 Å². The second-order valence-corrected chi connectivity index (χ2v) is 6.21. The van der Waals surface area contributed by atoms with Gasteiger partial charge in [0.25, 0.3) is 0 Å². The van der Waals surface area contributed by atoms with Gasteiger partial charge in [-0.1, -0.05) is 26.2 Å². The van der Waals surface area contributed by atoms with Gasteiger partial charge in [-0.15, -0.1) is 0 Å². The van der Waals surface area contributed by atoms with Crippen LogP contribution < -0.4 is 16.0 Å². The Bertz CT molecular complexity index is 451. The molecular weight excluding hydrogens is 264 g/mol. The molecule has 6 nitrogen and oxygen atoms in total. The molecule has 0 saturated heterocycles. The summed E-state index contributed by atoms with van der Waals surface area (Å²) in [5.74, 6) is 1.53. The third-order valence-corrected chi connectivity index (χ3v) is 4.42.